The summed E-state index contributed by atoms with van der Waals surface area (Å²) in [6.07, 6.45) is 0.186. The lowest BCUT2D eigenvalue weighted by Crippen LogP contribution is -2.42. The monoisotopic (exact) mass is 419 g/mol. The zero-order valence-corrected chi connectivity index (χ0v) is 15.3. The molecule has 6 nitrogen and oxygen atoms in total. The molecule has 2 N–H and O–H groups in total. The molecule has 0 saturated carbocycles. The van der Waals surface area contributed by atoms with Crippen molar-refractivity contribution in [3.63, 3.8) is 0 Å². The summed E-state index contributed by atoms with van der Waals surface area (Å²) in [6, 6.07) is 9.67. The molecule has 26 heavy (non-hydrogen) atoms. The van der Waals surface area contributed by atoms with E-state index in [9.17, 15) is 18.8 Å². The zero-order valence-electron chi connectivity index (χ0n) is 13.8. The maximum Gasteiger partial charge on any atom is 0.329 e. The quantitative estimate of drug-likeness (QED) is 0.680. The fourth-order valence-corrected chi connectivity index (χ4v) is 3.08. The van der Waals surface area contributed by atoms with E-state index < -0.39 is 29.0 Å². The van der Waals surface area contributed by atoms with Crippen LogP contribution in [0.2, 0.25) is 0 Å². The van der Waals surface area contributed by atoms with E-state index in [1.165, 1.54) is 12.1 Å². The number of nitrogens with zero attached hydrogens (tertiary/aromatic N) is 1. The Morgan fingerprint density at radius 2 is 2.00 bits per heavy atom. The Hall–Kier alpha value is -2.74. The van der Waals surface area contributed by atoms with Gasteiger partial charge in [-0.2, -0.15) is 0 Å². The highest BCUT2D eigenvalue weighted by molar-refractivity contribution is 9.10. The predicted octanol–water partition coefficient (Wildman–Crippen LogP) is 3.18. The number of aromatic nitrogens is 2. The van der Waals surface area contributed by atoms with E-state index in [4.69, 9.17) is 0 Å². The van der Waals surface area contributed by atoms with Gasteiger partial charge in [0.1, 0.15) is 11.9 Å². The van der Waals surface area contributed by atoms with Crippen LogP contribution in [-0.2, 0) is 4.79 Å². The number of amides is 1. The highest BCUT2D eigenvalue weighted by Gasteiger charge is 2.24. The lowest BCUT2D eigenvalue weighted by molar-refractivity contribution is -0.119. The van der Waals surface area contributed by atoms with Gasteiger partial charge in [0.2, 0.25) is 5.91 Å². The van der Waals surface area contributed by atoms with Crippen LogP contribution in [0.4, 0.5) is 10.1 Å². The van der Waals surface area contributed by atoms with Gasteiger partial charge in [-0.15, -0.1) is 0 Å². The van der Waals surface area contributed by atoms with E-state index in [1.54, 1.807) is 37.3 Å². The van der Waals surface area contributed by atoms with Gasteiger partial charge in [0.05, 0.1) is 16.6 Å². The fourth-order valence-electron chi connectivity index (χ4n) is 2.75. The highest BCUT2D eigenvalue weighted by Crippen LogP contribution is 2.21. The number of carbonyl (C=O) groups excluding carboxylic acids is 1. The van der Waals surface area contributed by atoms with Crippen molar-refractivity contribution in [2.24, 2.45) is 0 Å². The van der Waals surface area contributed by atoms with Crippen molar-refractivity contribution in [3.05, 3.63) is 73.6 Å². The van der Waals surface area contributed by atoms with Crippen molar-refractivity contribution >= 4 is 38.4 Å². The molecule has 3 rings (SSSR count). The number of hydrogen-bond donors (Lipinski definition) is 2. The largest absolute Gasteiger partial charge is 0.329 e. The van der Waals surface area contributed by atoms with Crippen molar-refractivity contribution < 1.29 is 9.18 Å². The smallest absolute Gasteiger partial charge is 0.322 e. The maximum absolute atomic E-state index is 14.0. The first-order chi connectivity index (χ1) is 12.4. The SMILES string of the molecule is CC[C@H](C(=O)Nc1ccc(Br)cc1F)n1c(=O)[nH]c2ccccc2c1=O. The van der Waals surface area contributed by atoms with Gasteiger partial charge < -0.3 is 10.3 Å². The molecule has 0 unspecified atom stereocenters. The van der Waals surface area contributed by atoms with Crippen molar-refractivity contribution in [3.8, 4) is 0 Å². The Balaban J connectivity index is 2.03. The van der Waals surface area contributed by atoms with Crippen LogP contribution in [0.5, 0.6) is 0 Å². The van der Waals surface area contributed by atoms with Crippen LogP contribution < -0.4 is 16.6 Å². The first-order valence-corrected chi connectivity index (χ1v) is 8.71. The molecule has 8 heteroatoms. The summed E-state index contributed by atoms with van der Waals surface area (Å²) in [5.41, 5.74) is -0.885. The number of aromatic amines is 1. The molecule has 0 aliphatic rings. The number of hydrogen-bond acceptors (Lipinski definition) is 3. The zero-order chi connectivity index (χ0) is 18.8. The lowest BCUT2D eigenvalue weighted by atomic mass is 10.1. The Morgan fingerprint density at radius 3 is 2.69 bits per heavy atom. The number of para-hydroxylation sites is 1. The van der Waals surface area contributed by atoms with Crippen LogP contribution in [0.15, 0.2) is 56.5 Å². The summed E-state index contributed by atoms with van der Waals surface area (Å²) in [4.78, 5) is 40.3. The van der Waals surface area contributed by atoms with E-state index in [1.807, 2.05) is 0 Å². The Morgan fingerprint density at radius 1 is 1.27 bits per heavy atom. The summed E-state index contributed by atoms with van der Waals surface area (Å²) in [5, 5.41) is 2.74. The minimum atomic E-state index is -1.07. The summed E-state index contributed by atoms with van der Waals surface area (Å²) >= 11 is 3.14. The Kier molecular flexibility index (Phi) is 5.03. The van der Waals surface area contributed by atoms with Gasteiger partial charge in [-0.3, -0.25) is 9.59 Å². The molecule has 0 saturated heterocycles. The Bertz CT molecular complexity index is 1110. The molecule has 1 amide bonds. The number of benzene rings is 2. The average molecular weight is 420 g/mol. The third-order valence-corrected chi connectivity index (χ3v) is 4.52. The fraction of sp³-hybridized carbons (Fsp3) is 0.167. The average Bonchev–Trinajstić information content (AvgIpc) is 2.61. The molecular weight excluding hydrogens is 405 g/mol. The summed E-state index contributed by atoms with van der Waals surface area (Å²) < 4.78 is 15.4. The lowest BCUT2D eigenvalue weighted by Gasteiger charge is -2.17. The molecule has 0 aliphatic heterocycles. The van der Waals surface area contributed by atoms with E-state index in [2.05, 4.69) is 26.2 Å². The summed E-state index contributed by atoms with van der Waals surface area (Å²) in [5.74, 6) is -1.26. The summed E-state index contributed by atoms with van der Waals surface area (Å²) in [6.45, 7) is 1.67. The predicted molar refractivity (Wildman–Crippen MR) is 101 cm³/mol. The molecule has 1 heterocycles. The highest BCUT2D eigenvalue weighted by atomic mass is 79.9. The van der Waals surface area contributed by atoms with Crippen molar-refractivity contribution in [2.75, 3.05) is 5.32 Å². The van der Waals surface area contributed by atoms with E-state index in [0.29, 0.717) is 15.4 Å². The molecule has 0 radical (unpaired) electrons. The number of halogens is 2. The van der Waals surface area contributed by atoms with Gasteiger partial charge in [0, 0.05) is 4.47 Å². The van der Waals surface area contributed by atoms with Crippen LogP contribution in [0.3, 0.4) is 0 Å². The van der Waals surface area contributed by atoms with Crippen molar-refractivity contribution in [1.29, 1.82) is 0 Å². The number of H-pyrrole nitrogens is 1. The molecule has 3 aromatic rings. The molecule has 0 aliphatic carbocycles. The topological polar surface area (TPSA) is 84.0 Å². The second kappa shape index (κ2) is 7.25. The number of carbonyl (C=O) groups is 1. The van der Waals surface area contributed by atoms with Gasteiger partial charge in [-0.1, -0.05) is 35.0 Å². The minimum absolute atomic E-state index is 0.0260. The standard InChI is InChI=1S/C18H15BrFN3O3/c1-2-15(16(24)21-14-8-7-10(19)9-12(14)20)23-17(25)11-5-3-4-6-13(11)22-18(23)26/h3-9,15H,2H2,1H3,(H,21,24)(H,22,26)/t15-/m1/s1. The Labute approximate surface area is 155 Å². The molecule has 134 valence electrons. The van der Waals surface area contributed by atoms with Crippen LogP contribution in [0.1, 0.15) is 19.4 Å². The van der Waals surface area contributed by atoms with Crippen LogP contribution in [-0.4, -0.2) is 15.5 Å². The van der Waals surface area contributed by atoms with Gasteiger partial charge >= 0.3 is 5.69 Å². The summed E-state index contributed by atoms with van der Waals surface area (Å²) in [7, 11) is 0. The van der Waals surface area contributed by atoms with Gasteiger partial charge in [-0.05, 0) is 36.8 Å². The van der Waals surface area contributed by atoms with E-state index in [0.717, 1.165) is 4.57 Å². The maximum atomic E-state index is 14.0. The van der Waals surface area contributed by atoms with Gasteiger partial charge in [0.15, 0.2) is 0 Å². The molecule has 1 aromatic heterocycles. The first kappa shape index (κ1) is 18.1. The minimum Gasteiger partial charge on any atom is -0.322 e. The van der Waals surface area contributed by atoms with Crippen molar-refractivity contribution in [2.45, 2.75) is 19.4 Å². The molecular formula is C18H15BrFN3O3. The number of fused-ring (bicyclic) bond motifs is 1. The third-order valence-electron chi connectivity index (χ3n) is 4.03. The third kappa shape index (κ3) is 3.32. The molecule has 0 spiro atoms. The van der Waals surface area contributed by atoms with Crippen LogP contribution in [0, 0.1) is 5.82 Å². The van der Waals surface area contributed by atoms with Crippen molar-refractivity contribution in [1.82, 2.24) is 9.55 Å². The van der Waals surface area contributed by atoms with Gasteiger partial charge in [0.25, 0.3) is 5.56 Å². The van der Waals surface area contributed by atoms with E-state index in [-0.39, 0.29) is 12.1 Å². The van der Waals surface area contributed by atoms with E-state index >= 15 is 0 Å². The molecule has 0 fully saturated rings. The van der Waals surface area contributed by atoms with Gasteiger partial charge in [-0.25, -0.2) is 13.8 Å². The number of nitrogens with one attached hydrogen (secondary N) is 2. The first-order valence-electron chi connectivity index (χ1n) is 7.92. The second-order valence-electron chi connectivity index (χ2n) is 5.69. The number of anilines is 1. The molecule has 0 bridgehead atoms. The number of rotatable bonds is 4. The normalized spacial score (nSPS) is 12.1. The molecule has 1 atom stereocenters. The van der Waals surface area contributed by atoms with Crippen LogP contribution >= 0.6 is 15.9 Å². The second-order valence-corrected chi connectivity index (χ2v) is 6.60. The molecule has 2 aromatic carbocycles. The van der Waals surface area contributed by atoms with Crippen LogP contribution in [0.25, 0.3) is 10.9 Å².